The summed E-state index contributed by atoms with van der Waals surface area (Å²) in [4.78, 5) is 15.2. The van der Waals surface area contributed by atoms with Crippen LogP contribution in [0.5, 0.6) is 11.8 Å². The van der Waals surface area contributed by atoms with Crippen LogP contribution in [0, 0.1) is 6.92 Å². The first-order valence-electron chi connectivity index (χ1n) is 4.99. The molecule has 1 aromatic carbocycles. The largest absolute Gasteiger partial charge is 0.464 e. The molecule has 0 N–H and O–H groups in total. The molecule has 5 nitrogen and oxygen atoms in total. The van der Waals surface area contributed by atoms with Crippen molar-refractivity contribution in [1.82, 2.24) is 4.98 Å². The van der Waals surface area contributed by atoms with E-state index in [1.54, 1.807) is 19.1 Å². The van der Waals surface area contributed by atoms with Gasteiger partial charge in [0.05, 0.1) is 7.11 Å². The highest BCUT2D eigenvalue weighted by atomic mass is 16.6. The molecule has 0 radical (unpaired) electrons. The molecule has 0 fully saturated rings. The summed E-state index contributed by atoms with van der Waals surface area (Å²) in [6, 6.07) is 9.04. The predicted octanol–water partition coefficient (Wildman–Crippen LogP) is 2.56. The van der Waals surface area contributed by atoms with E-state index in [1.165, 1.54) is 7.11 Å². The molecule has 2 aromatic rings. The van der Waals surface area contributed by atoms with Crippen molar-refractivity contribution in [2.45, 2.75) is 6.92 Å². The van der Waals surface area contributed by atoms with E-state index in [1.807, 2.05) is 18.2 Å². The number of hydrogen-bond donors (Lipinski definition) is 0. The van der Waals surface area contributed by atoms with Crippen molar-refractivity contribution >= 4 is 5.97 Å². The van der Waals surface area contributed by atoms with E-state index in [9.17, 15) is 4.79 Å². The highest BCUT2D eigenvalue weighted by molar-refractivity contribution is 5.88. The number of oxazole rings is 1. The van der Waals surface area contributed by atoms with Crippen LogP contribution in [-0.4, -0.2) is 18.1 Å². The minimum atomic E-state index is -0.547. The van der Waals surface area contributed by atoms with Gasteiger partial charge in [0, 0.05) is 0 Å². The first-order valence-corrected chi connectivity index (χ1v) is 4.99. The van der Waals surface area contributed by atoms with Gasteiger partial charge in [-0.2, -0.15) is 4.98 Å². The van der Waals surface area contributed by atoms with E-state index >= 15 is 0 Å². The van der Waals surface area contributed by atoms with Gasteiger partial charge in [-0.25, -0.2) is 4.79 Å². The van der Waals surface area contributed by atoms with Crippen LogP contribution in [0.15, 0.2) is 34.7 Å². The van der Waals surface area contributed by atoms with Gasteiger partial charge < -0.3 is 13.9 Å². The van der Waals surface area contributed by atoms with Crippen molar-refractivity contribution < 1.29 is 18.7 Å². The third-order valence-corrected chi connectivity index (χ3v) is 2.10. The number of carbonyl (C=O) groups is 1. The fourth-order valence-electron chi connectivity index (χ4n) is 1.29. The number of ether oxygens (including phenoxy) is 2. The normalized spacial score (nSPS) is 10.0. The maximum absolute atomic E-state index is 11.3. The van der Waals surface area contributed by atoms with Gasteiger partial charge in [0.25, 0.3) is 0 Å². The molecule has 1 aromatic heterocycles. The molecule has 5 heteroatoms. The summed E-state index contributed by atoms with van der Waals surface area (Å²) in [7, 11) is 1.29. The van der Waals surface area contributed by atoms with Crippen molar-refractivity contribution in [2.75, 3.05) is 7.11 Å². The van der Waals surface area contributed by atoms with E-state index in [0.717, 1.165) is 0 Å². The van der Waals surface area contributed by atoms with E-state index in [2.05, 4.69) is 9.72 Å². The van der Waals surface area contributed by atoms with Gasteiger partial charge in [0.15, 0.2) is 5.69 Å². The number of benzene rings is 1. The number of para-hydroxylation sites is 1. The molecule has 88 valence electrons. The van der Waals surface area contributed by atoms with Crippen molar-refractivity contribution in [1.29, 1.82) is 0 Å². The summed E-state index contributed by atoms with van der Waals surface area (Å²) < 4.78 is 15.1. The van der Waals surface area contributed by atoms with E-state index < -0.39 is 5.97 Å². The Hall–Kier alpha value is -2.30. The summed E-state index contributed by atoms with van der Waals surface area (Å²) in [6.45, 7) is 1.62. The summed E-state index contributed by atoms with van der Waals surface area (Å²) in [6.07, 6.45) is 0.0223. The Balaban J connectivity index is 2.21. The molecule has 0 aliphatic heterocycles. The van der Waals surface area contributed by atoms with Crippen LogP contribution >= 0.6 is 0 Å². The van der Waals surface area contributed by atoms with Crippen LogP contribution < -0.4 is 4.74 Å². The minimum absolute atomic E-state index is 0.0223. The summed E-state index contributed by atoms with van der Waals surface area (Å²) in [5, 5.41) is 0. The lowest BCUT2D eigenvalue weighted by molar-refractivity contribution is 0.0592. The Morgan fingerprint density at radius 2 is 2.00 bits per heavy atom. The fourth-order valence-corrected chi connectivity index (χ4v) is 1.29. The average molecular weight is 233 g/mol. The Morgan fingerprint density at radius 3 is 2.65 bits per heavy atom. The van der Waals surface area contributed by atoms with E-state index in [0.29, 0.717) is 11.5 Å². The van der Waals surface area contributed by atoms with Crippen molar-refractivity contribution in [3.8, 4) is 11.8 Å². The summed E-state index contributed by atoms with van der Waals surface area (Å²) in [5.41, 5.74) is 0.124. The van der Waals surface area contributed by atoms with Gasteiger partial charge in [-0.3, -0.25) is 0 Å². The molecule has 0 aliphatic rings. The van der Waals surface area contributed by atoms with Crippen LogP contribution in [0.2, 0.25) is 0 Å². The topological polar surface area (TPSA) is 61.6 Å². The van der Waals surface area contributed by atoms with Crippen molar-refractivity contribution in [3.63, 3.8) is 0 Å². The van der Waals surface area contributed by atoms with Gasteiger partial charge in [-0.05, 0) is 19.1 Å². The van der Waals surface area contributed by atoms with Crippen molar-refractivity contribution in [3.05, 3.63) is 41.8 Å². The molecule has 0 saturated heterocycles. The number of esters is 1. The van der Waals surface area contributed by atoms with Gasteiger partial charge in [0.2, 0.25) is 0 Å². The third kappa shape index (κ3) is 2.44. The molecular weight excluding hydrogens is 222 g/mol. The van der Waals surface area contributed by atoms with Crippen LogP contribution in [0.1, 0.15) is 16.2 Å². The zero-order valence-electron chi connectivity index (χ0n) is 9.47. The molecule has 0 atom stereocenters. The smallest absolute Gasteiger partial charge is 0.400 e. The minimum Gasteiger partial charge on any atom is -0.464 e. The monoisotopic (exact) mass is 233 g/mol. The third-order valence-electron chi connectivity index (χ3n) is 2.10. The van der Waals surface area contributed by atoms with Gasteiger partial charge in [0.1, 0.15) is 11.5 Å². The maximum Gasteiger partial charge on any atom is 0.400 e. The molecule has 0 aliphatic carbocycles. The van der Waals surface area contributed by atoms with Crippen LogP contribution in [0.25, 0.3) is 0 Å². The fraction of sp³-hybridized carbons (Fsp3) is 0.167. The van der Waals surface area contributed by atoms with Gasteiger partial charge in [-0.15, -0.1) is 0 Å². The SMILES string of the molecule is COC(=O)c1nc(Oc2ccccc2)oc1C. The van der Waals surface area contributed by atoms with E-state index in [4.69, 9.17) is 9.15 Å². The zero-order valence-corrected chi connectivity index (χ0v) is 9.47. The molecule has 0 unspecified atom stereocenters. The quantitative estimate of drug-likeness (QED) is 0.762. The second-order valence-electron chi connectivity index (χ2n) is 3.29. The van der Waals surface area contributed by atoms with Crippen LogP contribution in [0.4, 0.5) is 0 Å². The van der Waals surface area contributed by atoms with Gasteiger partial charge >= 0.3 is 12.0 Å². The highest BCUT2D eigenvalue weighted by Crippen LogP contribution is 2.23. The lowest BCUT2D eigenvalue weighted by atomic mass is 10.3. The number of aryl methyl sites for hydroxylation is 1. The first-order chi connectivity index (χ1) is 8.20. The number of methoxy groups -OCH3 is 1. The number of rotatable bonds is 3. The number of hydrogen-bond acceptors (Lipinski definition) is 5. The predicted molar refractivity (Wildman–Crippen MR) is 59.1 cm³/mol. The second-order valence-corrected chi connectivity index (χ2v) is 3.29. The molecule has 0 spiro atoms. The van der Waals surface area contributed by atoms with Crippen LogP contribution in [-0.2, 0) is 4.74 Å². The maximum atomic E-state index is 11.3. The molecular formula is C12H11NO4. The van der Waals surface area contributed by atoms with Gasteiger partial charge in [-0.1, -0.05) is 18.2 Å². The molecule has 0 saturated carbocycles. The standard InChI is InChI=1S/C12H11NO4/c1-8-10(11(14)15-2)13-12(16-8)17-9-6-4-3-5-7-9/h3-7H,1-2H3. The molecule has 17 heavy (non-hydrogen) atoms. The average Bonchev–Trinajstić information content (AvgIpc) is 2.70. The Labute approximate surface area is 98.0 Å². The number of aromatic nitrogens is 1. The Bertz CT molecular complexity index is 519. The highest BCUT2D eigenvalue weighted by Gasteiger charge is 2.18. The van der Waals surface area contributed by atoms with Crippen molar-refractivity contribution in [2.24, 2.45) is 0 Å². The second kappa shape index (κ2) is 4.69. The Kier molecular flexibility index (Phi) is 3.09. The first kappa shape index (κ1) is 11.2. The molecule has 2 rings (SSSR count). The Morgan fingerprint density at radius 1 is 1.29 bits per heavy atom. The lowest BCUT2D eigenvalue weighted by Crippen LogP contribution is -2.03. The summed E-state index contributed by atoms with van der Waals surface area (Å²) >= 11 is 0. The molecule has 0 amide bonds. The number of nitrogens with zero attached hydrogens (tertiary/aromatic N) is 1. The molecule has 0 bridgehead atoms. The summed E-state index contributed by atoms with van der Waals surface area (Å²) in [5.74, 6) is 0.405. The van der Waals surface area contributed by atoms with E-state index in [-0.39, 0.29) is 11.8 Å². The van der Waals surface area contributed by atoms with Crippen LogP contribution in [0.3, 0.4) is 0 Å². The number of carbonyl (C=O) groups excluding carboxylic acids is 1. The molecule has 1 heterocycles. The lowest BCUT2D eigenvalue weighted by Gasteiger charge is -1.98. The zero-order chi connectivity index (χ0) is 12.3.